The molecular weight excluding hydrogens is 554 g/mol. The second-order valence-electron chi connectivity index (χ2n) is 14.0. The number of aryl methyl sites for hydroxylation is 1. The lowest BCUT2D eigenvalue weighted by atomic mass is 9.75. The van der Waals surface area contributed by atoms with E-state index in [1.54, 1.807) is 26.8 Å². The molecule has 3 N–H and O–H groups in total. The quantitative estimate of drug-likeness (QED) is 0.192. The van der Waals surface area contributed by atoms with Crippen molar-refractivity contribution in [3.05, 3.63) is 41.0 Å². The minimum atomic E-state index is -1.52. The Morgan fingerprint density at radius 1 is 1.02 bits per heavy atom. The van der Waals surface area contributed by atoms with E-state index in [1.807, 2.05) is 45.2 Å². The fraction of sp³-hybridized carbons (Fsp3) is 0.675. The van der Waals surface area contributed by atoms with Crippen LogP contribution in [0.25, 0.3) is 11.3 Å². The van der Waals surface area contributed by atoms with E-state index in [0.717, 1.165) is 46.6 Å². The Hall–Kier alpha value is -2.53. The maximum Gasteiger partial charge on any atom is 0.171 e. The number of benzene rings is 1. The van der Waals surface area contributed by atoms with Crippen LogP contribution in [0.4, 0.5) is 11.5 Å². The van der Waals surface area contributed by atoms with Crippen LogP contribution in [-0.4, -0.2) is 22.1 Å². The van der Waals surface area contributed by atoms with E-state index in [4.69, 9.17) is 5.73 Å². The summed E-state index contributed by atoms with van der Waals surface area (Å²) in [6.07, 6.45) is 14.1. The summed E-state index contributed by atoms with van der Waals surface area (Å²) >= 11 is 0. The van der Waals surface area contributed by atoms with Crippen molar-refractivity contribution >= 4 is 23.5 Å². The number of Topliss-reactive ketones (excluding diaryl/α,β-unsaturated/α-hetero) is 1. The third-order valence-electron chi connectivity index (χ3n) is 8.00. The summed E-state index contributed by atoms with van der Waals surface area (Å²) in [5.74, 6) is 2.96. The number of aliphatic imine (C=N–C) groups is 1. The number of carbonyl (C=O) groups is 1. The summed E-state index contributed by atoms with van der Waals surface area (Å²) in [5, 5.41) is 10.8. The molecule has 1 aromatic carbocycles. The molecule has 0 amide bonds. The molecule has 1 heterocycles. The summed E-state index contributed by atoms with van der Waals surface area (Å²) in [5.41, 5.74) is 9.20. The van der Waals surface area contributed by atoms with E-state index < -0.39 is 5.60 Å². The zero-order chi connectivity index (χ0) is 34.7. The van der Waals surface area contributed by atoms with Crippen molar-refractivity contribution in [1.29, 1.82) is 0 Å². The van der Waals surface area contributed by atoms with Gasteiger partial charge in [0.25, 0.3) is 0 Å². The van der Waals surface area contributed by atoms with Crippen LogP contribution >= 0.6 is 0 Å². The molecule has 1 unspecified atom stereocenters. The standard InChI is InChI=1S/C22H29N3O2.C7H14.C7H16.C4H10/c1-7-10-24-18-12-19(25-21(23)15(18)5)16-8-9-17(14(4)11-16)22(6,27)20(26)13(2)3;1-3-7-4-6(2)5-7;1-3-5-7-6-4-2;1-4(2)3/h8-13,27H,7H2,1-6H3,(H2,23,25);6-7H,3-5H2,1-2H3;3-7H2,1-2H3;4H,1-3H3. The molecule has 2 aromatic rings. The Balaban J connectivity index is 0.000000867. The molecule has 3 rings (SSSR count). The van der Waals surface area contributed by atoms with Gasteiger partial charge in [-0.15, -0.1) is 0 Å². The predicted octanol–water partition coefficient (Wildman–Crippen LogP) is 11.6. The highest BCUT2D eigenvalue weighted by Gasteiger charge is 2.35. The summed E-state index contributed by atoms with van der Waals surface area (Å²) in [7, 11) is 0. The zero-order valence-electron chi connectivity index (χ0n) is 31.4. The van der Waals surface area contributed by atoms with Crippen molar-refractivity contribution in [3.63, 3.8) is 0 Å². The number of aliphatic hydroxyl groups is 1. The Bertz CT molecular complexity index is 1140. The van der Waals surface area contributed by atoms with E-state index in [2.05, 4.69) is 58.4 Å². The minimum Gasteiger partial charge on any atom is -0.383 e. The van der Waals surface area contributed by atoms with E-state index in [-0.39, 0.29) is 11.7 Å². The summed E-state index contributed by atoms with van der Waals surface area (Å²) in [6.45, 7) is 26.6. The number of carbonyl (C=O) groups excluding carboxylic acids is 1. The molecule has 0 aliphatic heterocycles. The van der Waals surface area contributed by atoms with Crippen LogP contribution in [0.1, 0.15) is 151 Å². The lowest BCUT2D eigenvalue weighted by Crippen LogP contribution is -2.36. The van der Waals surface area contributed by atoms with Crippen molar-refractivity contribution in [2.24, 2.45) is 28.7 Å². The van der Waals surface area contributed by atoms with Crippen LogP contribution in [0.5, 0.6) is 0 Å². The van der Waals surface area contributed by atoms with E-state index in [0.29, 0.717) is 17.1 Å². The van der Waals surface area contributed by atoms with Gasteiger partial charge in [0, 0.05) is 23.3 Å². The highest BCUT2D eigenvalue weighted by Crippen LogP contribution is 2.35. The maximum atomic E-state index is 12.4. The molecule has 0 radical (unpaired) electrons. The van der Waals surface area contributed by atoms with Gasteiger partial charge in [-0.1, -0.05) is 120 Å². The van der Waals surface area contributed by atoms with Gasteiger partial charge < -0.3 is 10.8 Å². The number of anilines is 1. The largest absolute Gasteiger partial charge is 0.383 e. The minimum absolute atomic E-state index is 0.202. The van der Waals surface area contributed by atoms with Crippen LogP contribution in [0.15, 0.2) is 29.3 Å². The number of hydrogen-bond donors (Lipinski definition) is 2. The van der Waals surface area contributed by atoms with Gasteiger partial charge in [-0.3, -0.25) is 9.79 Å². The van der Waals surface area contributed by atoms with Gasteiger partial charge in [-0.05, 0) is 81.0 Å². The van der Waals surface area contributed by atoms with Gasteiger partial charge in [0.15, 0.2) is 5.78 Å². The average Bonchev–Trinajstić information content (AvgIpc) is 2.96. The average molecular weight is 624 g/mol. The molecule has 0 saturated heterocycles. The molecule has 1 atom stereocenters. The molecule has 5 heteroatoms. The third-order valence-corrected chi connectivity index (χ3v) is 8.00. The SMILES string of the molecule is CC(C)C.CCC1CC(C)C1.CCC=Nc1cc(-c2ccc(C(C)(O)C(=O)C(C)C)c(C)c2)nc(N)c1C.CCCCCCC. The van der Waals surface area contributed by atoms with Crippen molar-refractivity contribution in [3.8, 4) is 11.3 Å². The molecule has 1 aromatic heterocycles. The summed E-state index contributed by atoms with van der Waals surface area (Å²) in [6, 6.07) is 7.47. The van der Waals surface area contributed by atoms with Crippen molar-refractivity contribution in [2.75, 3.05) is 5.73 Å². The van der Waals surface area contributed by atoms with Crippen LogP contribution < -0.4 is 5.73 Å². The first-order chi connectivity index (χ1) is 21.1. The number of ketones is 1. The normalized spacial score (nSPS) is 16.9. The van der Waals surface area contributed by atoms with Crippen molar-refractivity contribution < 1.29 is 9.90 Å². The fourth-order valence-corrected chi connectivity index (χ4v) is 5.23. The van der Waals surface area contributed by atoms with E-state index in [9.17, 15) is 9.90 Å². The molecule has 0 spiro atoms. The molecule has 256 valence electrons. The molecule has 1 aliphatic carbocycles. The number of rotatable bonds is 11. The molecule has 1 saturated carbocycles. The molecule has 1 aliphatic rings. The predicted molar refractivity (Wildman–Crippen MR) is 199 cm³/mol. The van der Waals surface area contributed by atoms with Crippen molar-refractivity contribution in [1.82, 2.24) is 4.98 Å². The summed E-state index contributed by atoms with van der Waals surface area (Å²) < 4.78 is 0. The van der Waals surface area contributed by atoms with Gasteiger partial charge in [-0.25, -0.2) is 4.98 Å². The number of unbranched alkanes of at least 4 members (excludes halogenated alkanes) is 4. The fourth-order valence-electron chi connectivity index (χ4n) is 5.23. The second-order valence-corrected chi connectivity index (χ2v) is 14.0. The van der Waals surface area contributed by atoms with Gasteiger partial charge in [0.2, 0.25) is 0 Å². The number of nitrogen functional groups attached to an aromatic ring is 1. The highest BCUT2D eigenvalue weighted by atomic mass is 16.3. The number of pyridine rings is 1. The van der Waals surface area contributed by atoms with E-state index >= 15 is 0 Å². The van der Waals surface area contributed by atoms with E-state index in [1.165, 1.54) is 51.4 Å². The number of hydrogen-bond acceptors (Lipinski definition) is 5. The molecular formula is C40H69N3O2. The molecule has 45 heavy (non-hydrogen) atoms. The first-order valence-electron chi connectivity index (χ1n) is 17.7. The lowest BCUT2D eigenvalue weighted by Gasteiger charge is -2.31. The van der Waals surface area contributed by atoms with Crippen molar-refractivity contribution in [2.45, 2.75) is 153 Å². The van der Waals surface area contributed by atoms with Crippen LogP contribution in [0.2, 0.25) is 0 Å². The third kappa shape index (κ3) is 15.5. The van der Waals surface area contributed by atoms with Crippen LogP contribution in [-0.2, 0) is 10.4 Å². The van der Waals surface area contributed by atoms with Crippen LogP contribution in [0, 0.1) is 37.5 Å². The Labute approximate surface area is 277 Å². The Morgan fingerprint density at radius 2 is 1.58 bits per heavy atom. The highest BCUT2D eigenvalue weighted by molar-refractivity contribution is 5.90. The smallest absolute Gasteiger partial charge is 0.171 e. The topological polar surface area (TPSA) is 88.6 Å². The van der Waals surface area contributed by atoms with Gasteiger partial charge in [0.05, 0.1) is 11.4 Å². The Kier molecular flexibility index (Phi) is 20.8. The molecule has 5 nitrogen and oxygen atoms in total. The first kappa shape index (κ1) is 42.5. The number of aromatic nitrogens is 1. The van der Waals surface area contributed by atoms with Gasteiger partial charge in [0.1, 0.15) is 11.4 Å². The summed E-state index contributed by atoms with van der Waals surface area (Å²) in [4.78, 5) is 21.4. The second kappa shape index (κ2) is 22.1. The first-order valence-corrected chi connectivity index (χ1v) is 17.7. The number of nitrogens with two attached hydrogens (primary N) is 1. The number of nitrogens with zero attached hydrogens (tertiary/aromatic N) is 2. The van der Waals surface area contributed by atoms with Gasteiger partial charge in [-0.2, -0.15) is 0 Å². The van der Waals surface area contributed by atoms with Gasteiger partial charge >= 0.3 is 0 Å². The molecule has 1 fully saturated rings. The maximum absolute atomic E-state index is 12.4. The monoisotopic (exact) mass is 624 g/mol. The Morgan fingerprint density at radius 3 is 1.98 bits per heavy atom. The lowest BCUT2D eigenvalue weighted by molar-refractivity contribution is -0.139. The molecule has 0 bridgehead atoms. The zero-order valence-corrected chi connectivity index (χ0v) is 31.4. The van der Waals surface area contributed by atoms with Crippen LogP contribution in [0.3, 0.4) is 0 Å².